The minimum absolute atomic E-state index is 0.750. The summed E-state index contributed by atoms with van der Waals surface area (Å²) in [5.41, 5.74) is 0. The Morgan fingerprint density at radius 2 is 1.77 bits per heavy atom. The summed E-state index contributed by atoms with van der Waals surface area (Å²) in [6.45, 7) is 0. The van der Waals surface area contributed by atoms with E-state index in [-0.39, 0.29) is 0 Å². The first-order valence-corrected chi connectivity index (χ1v) is 3.71. The molecule has 1 heterocycles. The third-order valence-electron chi connectivity index (χ3n) is 1.55. The van der Waals surface area contributed by atoms with Crippen molar-refractivity contribution in [3.63, 3.8) is 0 Å². The average molecular weight is 172 g/mol. The highest BCUT2D eigenvalue weighted by Gasteiger charge is 1.86. The van der Waals surface area contributed by atoms with Crippen molar-refractivity contribution in [2.45, 2.75) is 0 Å². The van der Waals surface area contributed by atoms with Gasteiger partial charge in [0.25, 0.3) is 0 Å². The molecule has 1 N–H and O–H groups in total. The monoisotopic (exact) mass is 172 g/mol. The maximum Gasteiger partial charge on any atom is 0.231 e. The predicted octanol–water partition coefficient (Wildman–Crippen LogP) is 2.14. The lowest BCUT2D eigenvalue weighted by atomic mass is 10.2. The molecule has 0 amide bonds. The van der Waals surface area contributed by atoms with Crippen LogP contribution >= 0.6 is 0 Å². The number of aromatic nitrogens is 1. The van der Waals surface area contributed by atoms with Crippen molar-refractivity contribution in [3.8, 4) is 0 Å². The smallest absolute Gasteiger partial charge is 0.231 e. The number of nitrogens with zero attached hydrogens (tertiary/aromatic N) is 1. The van der Waals surface area contributed by atoms with E-state index in [1.807, 2.05) is 30.6 Å². The van der Waals surface area contributed by atoms with Crippen molar-refractivity contribution in [2.75, 3.05) is 0 Å². The lowest BCUT2D eigenvalue weighted by Gasteiger charge is -1.91. The second-order valence-electron chi connectivity index (χ2n) is 2.32. The highest BCUT2D eigenvalue weighted by Crippen LogP contribution is 2.09. The number of rotatable bonds is 0. The first kappa shape index (κ1) is 9.10. The molecule has 2 aromatic rings. The van der Waals surface area contributed by atoms with Gasteiger partial charge in [-0.2, -0.15) is 0 Å². The topological polar surface area (TPSA) is 53.8 Å². The average Bonchev–Trinajstić information content (AvgIpc) is 2.19. The fourth-order valence-corrected chi connectivity index (χ4v) is 1.03. The largest absolute Gasteiger partial charge is 0.264 e. The molecule has 3 nitrogen and oxygen atoms in total. The van der Waals surface area contributed by atoms with E-state index in [9.17, 15) is 0 Å². The van der Waals surface area contributed by atoms with Crippen LogP contribution in [0.5, 0.6) is 0 Å². The molecule has 0 unspecified atom stereocenters. The summed E-state index contributed by atoms with van der Waals surface area (Å²) in [6.07, 6.45) is 4.43. The molecule has 0 aliphatic carbocycles. The van der Waals surface area contributed by atoms with E-state index in [4.69, 9.17) is 10.2 Å². The number of hydrogen-bond acceptors (Lipinski definition) is 3. The quantitative estimate of drug-likeness (QED) is 0.489. The van der Waals surface area contributed by atoms with Gasteiger partial charge in [-0.25, -0.2) is 10.2 Å². The molecule has 1 aromatic carbocycles. The Hall–Kier alpha value is -1.99. The fraction of sp³-hybridized carbons (Fsp3) is 0. The first-order valence-electron chi connectivity index (χ1n) is 3.71. The number of carbonyl (C=O) groups excluding carboxylic acids is 1. The molecule has 2 rings (SSSR count). The number of pyridine rings is 1. The van der Waals surface area contributed by atoms with Crippen LogP contribution in [0.3, 0.4) is 0 Å². The molecule has 64 valence electrons. The highest BCUT2D eigenvalue weighted by atomic mass is 16.1. The first-order chi connectivity index (χ1) is 6.38. The zero-order valence-corrected chi connectivity index (χ0v) is 6.90. The van der Waals surface area contributed by atoms with Crippen LogP contribution in [0.2, 0.25) is 0 Å². The fourth-order valence-electron chi connectivity index (χ4n) is 1.03. The summed E-state index contributed by atoms with van der Waals surface area (Å²) in [5.74, 6) is 0. The maximum atomic E-state index is 8.35. The third kappa shape index (κ3) is 2.51. The van der Waals surface area contributed by atoms with E-state index in [1.54, 1.807) is 0 Å². The molecule has 0 saturated heterocycles. The molecule has 0 atom stereocenters. The molecule has 0 fully saturated rings. The van der Waals surface area contributed by atoms with Crippen molar-refractivity contribution >= 4 is 16.9 Å². The lowest BCUT2D eigenvalue weighted by Crippen LogP contribution is -1.71. The summed E-state index contributed by atoms with van der Waals surface area (Å²) >= 11 is 0. The standard InChI is InChI=1S/C9H7N.CHNO/c1-2-4-9-7-10-6-5-8(9)3-1;2-1-3/h1-7H;2H. The van der Waals surface area contributed by atoms with Crippen molar-refractivity contribution < 1.29 is 4.79 Å². The van der Waals surface area contributed by atoms with Crippen LogP contribution in [-0.4, -0.2) is 11.1 Å². The summed E-state index contributed by atoms with van der Waals surface area (Å²) < 4.78 is 0. The summed E-state index contributed by atoms with van der Waals surface area (Å²) in [4.78, 5) is 12.4. The molecule has 3 heteroatoms. The number of isocyanates is 1. The van der Waals surface area contributed by atoms with Gasteiger partial charge in [0.1, 0.15) is 0 Å². The van der Waals surface area contributed by atoms with Crippen molar-refractivity contribution in [2.24, 2.45) is 0 Å². The van der Waals surface area contributed by atoms with Crippen LogP contribution < -0.4 is 0 Å². The summed E-state index contributed by atoms with van der Waals surface area (Å²) in [6, 6.07) is 10.2. The number of fused-ring (bicyclic) bond motifs is 1. The predicted molar refractivity (Wildman–Crippen MR) is 50.2 cm³/mol. The zero-order chi connectivity index (χ0) is 9.52. The molecule has 1 aromatic heterocycles. The van der Waals surface area contributed by atoms with Gasteiger partial charge in [0, 0.05) is 12.4 Å². The number of hydrogen-bond donors (Lipinski definition) is 1. The molecule has 0 spiro atoms. The molecular weight excluding hydrogens is 164 g/mol. The minimum atomic E-state index is 0.750. The zero-order valence-electron chi connectivity index (χ0n) is 6.90. The Morgan fingerprint density at radius 3 is 2.38 bits per heavy atom. The van der Waals surface area contributed by atoms with Gasteiger partial charge >= 0.3 is 0 Å². The Morgan fingerprint density at radius 1 is 1.15 bits per heavy atom. The van der Waals surface area contributed by atoms with Gasteiger partial charge < -0.3 is 0 Å². The van der Waals surface area contributed by atoms with Crippen LogP contribution in [0.1, 0.15) is 0 Å². The van der Waals surface area contributed by atoms with Gasteiger partial charge in [-0.3, -0.25) is 4.98 Å². The molecule has 13 heavy (non-hydrogen) atoms. The Bertz CT molecular complexity index is 354. The van der Waals surface area contributed by atoms with Gasteiger partial charge in [-0.15, -0.1) is 0 Å². The number of benzene rings is 1. The molecule has 0 aliphatic heterocycles. The maximum absolute atomic E-state index is 8.35. The van der Waals surface area contributed by atoms with Gasteiger partial charge in [-0.05, 0) is 16.8 Å². The second kappa shape index (κ2) is 4.80. The van der Waals surface area contributed by atoms with Crippen LogP contribution in [-0.2, 0) is 4.79 Å². The minimum Gasteiger partial charge on any atom is -0.264 e. The van der Waals surface area contributed by atoms with E-state index >= 15 is 0 Å². The Kier molecular flexibility index (Phi) is 3.36. The molecule has 0 radical (unpaired) electrons. The SMILES string of the molecule is N=C=O.c1ccc2cnccc2c1. The van der Waals surface area contributed by atoms with Gasteiger partial charge in [0.05, 0.1) is 0 Å². The van der Waals surface area contributed by atoms with E-state index < -0.39 is 0 Å². The molecule has 0 saturated carbocycles. The van der Waals surface area contributed by atoms with E-state index in [0.717, 1.165) is 6.08 Å². The van der Waals surface area contributed by atoms with Crippen LogP contribution in [0, 0.1) is 5.41 Å². The summed E-state index contributed by atoms with van der Waals surface area (Å²) in [7, 11) is 0. The van der Waals surface area contributed by atoms with E-state index in [2.05, 4.69) is 17.1 Å². The van der Waals surface area contributed by atoms with E-state index in [1.165, 1.54) is 10.8 Å². The summed E-state index contributed by atoms with van der Waals surface area (Å²) in [5, 5.41) is 7.85. The molecular formula is C10H8N2O. The third-order valence-corrected chi connectivity index (χ3v) is 1.55. The van der Waals surface area contributed by atoms with Crippen LogP contribution in [0.25, 0.3) is 10.8 Å². The normalized spacial score (nSPS) is 8.31. The van der Waals surface area contributed by atoms with Gasteiger partial charge in [-0.1, -0.05) is 24.3 Å². The van der Waals surface area contributed by atoms with Crippen LogP contribution in [0.4, 0.5) is 0 Å². The lowest BCUT2D eigenvalue weighted by molar-refractivity contribution is 0.563. The van der Waals surface area contributed by atoms with Gasteiger partial charge in [0.15, 0.2) is 0 Å². The van der Waals surface area contributed by atoms with Gasteiger partial charge in [0.2, 0.25) is 6.08 Å². The second-order valence-corrected chi connectivity index (χ2v) is 2.32. The van der Waals surface area contributed by atoms with Crippen molar-refractivity contribution in [1.29, 1.82) is 5.41 Å². The molecule has 0 aliphatic rings. The molecule has 0 bridgehead atoms. The Labute approximate surface area is 75.6 Å². The van der Waals surface area contributed by atoms with Crippen LogP contribution in [0.15, 0.2) is 42.7 Å². The Balaban J connectivity index is 0.000000251. The van der Waals surface area contributed by atoms with E-state index in [0.29, 0.717) is 0 Å². The van der Waals surface area contributed by atoms with Crippen molar-refractivity contribution in [3.05, 3.63) is 42.7 Å². The van der Waals surface area contributed by atoms with Crippen molar-refractivity contribution in [1.82, 2.24) is 4.98 Å². The number of nitrogens with one attached hydrogen (secondary N) is 1. The highest BCUT2D eigenvalue weighted by molar-refractivity contribution is 5.80.